The fourth-order valence-electron chi connectivity index (χ4n) is 2.27. The minimum absolute atomic E-state index is 0.417. The van der Waals surface area contributed by atoms with Crippen LogP contribution in [0.25, 0.3) is 10.2 Å². The highest BCUT2D eigenvalue weighted by Gasteiger charge is 2.10. The smallest absolute Gasteiger partial charge is 0.184 e. The van der Waals surface area contributed by atoms with Gasteiger partial charge in [0.15, 0.2) is 5.13 Å². The third-order valence-corrected chi connectivity index (χ3v) is 4.37. The molecule has 0 saturated carbocycles. The van der Waals surface area contributed by atoms with Crippen LogP contribution in [0.5, 0.6) is 0 Å². The van der Waals surface area contributed by atoms with Gasteiger partial charge in [-0.1, -0.05) is 37.3 Å². The highest BCUT2D eigenvalue weighted by atomic mass is 32.1. The van der Waals surface area contributed by atoms with E-state index in [1.807, 2.05) is 0 Å². The summed E-state index contributed by atoms with van der Waals surface area (Å²) in [5.74, 6) is 0. The first-order valence-corrected chi connectivity index (χ1v) is 7.80. The van der Waals surface area contributed by atoms with E-state index in [-0.39, 0.29) is 0 Å². The first-order chi connectivity index (χ1) is 9.13. The van der Waals surface area contributed by atoms with E-state index in [4.69, 9.17) is 4.98 Å². The summed E-state index contributed by atoms with van der Waals surface area (Å²) in [6, 6.07) is 6.77. The van der Waals surface area contributed by atoms with Crippen molar-refractivity contribution in [2.24, 2.45) is 0 Å². The molecule has 19 heavy (non-hydrogen) atoms. The number of hydrogen-bond acceptors (Lipinski definition) is 4. The molecule has 0 fully saturated rings. The van der Waals surface area contributed by atoms with Crippen LogP contribution in [0.3, 0.4) is 0 Å². The predicted molar refractivity (Wildman–Crippen MR) is 85.2 cm³/mol. The number of anilines is 1. The Morgan fingerprint density at radius 2 is 2.05 bits per heavy atom. The van der Waals surface area contributed by atoms with Gasteiger partial charge in [0.1, 0.15) is 0 Å². The summed E-state index contributed by atoms with van der Waals surface area (Å²) in [6.45, 7) is 12.0. The van der Waals surface area contributed by atoms with E-state index in [2.05, 4.69) is 56.1 Å². The maximum absolute atomic E-state index is 4.70. The number of likely N-dealkylation sites (N-methyl/N-ethyl adjacent to an activating group) is 1. The molecule has 1 aromatic heterocycles. The Morgan fingerprint density at radius 3 is 2.68 bits per heavy atom. The molecule has 1 atom stereocenters. The molecule has 0 saturated heterocycles. The van der Waals surface area contributed by atoms with Crippen LogP contribution in [0.15, 0.2) is 18.2 Å². The quantitative estimate of drug-likeness (QED) is 0.871. The van der Waals surface area contributed by atoms with Crippen molar-refractivity contribution in [3.05, 3.63) is 23.8 Å². The number of aromatic nitrogens is 1. The number of nitrogens with zero attached hydrogens (tertiary/aromatic N) is 2. The Kier molecular flexibility index (Phi) is 4.77. The third-order valence-electron chi connectivity index (χ3n) is 3.42. The highest BCUT2D eigenvalue weighted by molar-refractivity contribution is 7.22. The zero-order valence-corrected chi connectivity index (χ0v) is 13.0. The zero-order chi connectivity index (χ0) is 13.8. The molecule has 0 amide bonds. The second-order valence-corrected chi connectivity index (χ2v) is 6.00. The minimum atomic E-state index is 0.417. The number of benzene rings is 1. The number of nitrogens with one attached hydrogen (secondary N) is 1. The van der Waals surface area contributed by atoms with Gasteiger partial charge in [-0.3, -0.25) is 0 Å². The summed E-state index contributed by atoms with van der Waals surface area (Å²) in [6.07, 6.45) is 0. The molecule has 0 aliphatic carbocycles. The van der Waals surface area contributed by atoms with Gasteiger partial charge in [-0.05, 0) is 38.6 Å². The molecule has 1 heterocycles. The summed E-state index contributed by atoms with van der Waals surface area (Å²) < 4.78 is 1.26. The average Bonchev–Trinajstić information content (AvgIpc) is 2.79. The van der Waals surface area contributed by atoms with Gasteiger partial charge in [-0.25, -0.2) is 4.98 Å². The third kappa shape index (κ3) is 3.45. The Balaban J connectivity index is 2.07. The molecular formula is C15H23N3S. The van der Waals surface area contributed by atoms with E-state index in [1.165, 1.54) is 10.3 Å². The molecule has 1 unspecified atom stereocenters. The number of para-hydroxylation sites is 1. The molecule has 0 aliphatic heterocycles. The lowest BCUT2D eigenvalue weighted by Gasteiger charge is -2.23. The molecule has 0 spiro atoms. The summed E-state index contributed by atoms with van der Waals surface area (Å²) in [7, 11) is 0. The van der Waals surface area contributed by atoms with Gasteiger partial charge < -0.3 is 10.2 Å². The summed E-state index contributed by atoms with van der Waals surface area (Å²) in [4.78, 5) is 7.13. The molecule has 1 N–H and O–H groups in total. The summed E-state index contributed by atoms with van der Waals surface area (Å²) >= 11 is 1.74. The lowest BCUT2D eigenvalue weighted by Crippen LogP contribution is -2.34. The Labute approximate surface area is 119 Å². The highest BCUT2D eigenvalue weighted by Crippen LogP contribution is 2.28. The molecule has 2 aromatic rings. The van der Waals surface area contributed by atoms with E-state index in [0.717, 1.165) is 30.3 Å². The van der Waals surface area contributed by atoms with E-state index < -0.39 is 0 Å². The molecule has 2 rings (SSSR count). The van der Waals surface area contributed by atoms with Gasteiger partial charge >= 0.3 is 0 Å². The van der Waals surface area contributed by atoms with E-state index >= 15 is 0 Å². The molecule has 104 valence electrons. The SMILES string of the molecule is CCN(CC)CC(C)Nc1nc2c(C)cccc2s1. The predicted octanol–water partition coefficient (Wildman–Crippen LogP) is 3.75. The average molecular weight is 277 g/mol. The molecule has 0 aliphatic rings. The topological polar surface area (TPSA) is 28.2 Å². The van der Waals surface area contributed by atoms with Gasteiger partial charge in [0.05, 0.1) is 10.2 Å². The zero-order valence-electron chi connectivity index (χ0n) is 12.2. The van der Waals surface area contributed by atoms with Crippen molar-refractivity contribution < 1.29 is 0 Å². The van der Waals surface area contributed by atoms with Crippen molar-refractivity contribution >= 4 is 26.7 Å². The Morgan fingerprint density at radius 1 is 1.32 bits per heavy atom. The van der Waals surface area contributed by atoms with Crippen LogP contribution in [0, 0.1) is 6.92 Å². The van der Waals surface area contributed by atoms with Crippen LogP contribution in [0.2, 0.25) is 0 Å². The van der Waals surface area contributed by atoms with Crippen LogP contribution in [-0.4, -0.2) is 35.6 Å². The van der Waals surface area contributed by atoms with Gasteiger partial charge in [-0.15, -0.1) is 0 Å². The van der Waals surface area contributed by atoms with Crippen molar-refractivity contribution in [2.45, 2.75) is 33.7 Å². The second kappa shape index (κ2) is 6.35. The van der Waals surface area contributed by atoms with Crippen molar-refractivity contribution in [1.82, 2.24) is 9.88 Å². The first-order valence-electron chi connectivity index (χ1n) is 6.99. The number of rotatable bonds is 6. The lowest BCUT2D eigenvalue weighted by atomic mass is 10.2. The van der Waals surface area contributed by atoms with E-state index in [0.29, 0.717) is 6.04 Å². The molecular weight excluding hydrogens is 254 g/mol. The van der Waals surface area contributed by atoms with E-state index in [9.17, 15) is 0 Å². The number of hydrogen-bond donors (Lipinski definition) is 1. The van der Waals surface area contributed by atoms with Crippen molar-refractivity contribution in [2.75, 3.05) is 25.0 Å². The molecule has 0 bridgehead atoms. The van der Waals surface area contributed by atoms with Crippen molar-refractivity contribution in [3.8, 4) is 0 Å². The van der Waals surface area contributed by atoms with Crippen LogP contribution in [-0.2, 0) is 0 Å². The normalized spacial score (nSPS) is 13.1. The van der Waals surface area contributed by atoms with E-state index in [1.54, 1.807) is 11.3 Å². The standard InChI is InChI=1S/C15H23N3S/c1-5-18(6-2)10-12(4)16-15-17-14-11(3)8-7-9-13(14)19-15/h7-9,12H,5-6,10H2,1-4H3,(H,16,17). The van der Waals surface area contributed by atoms with Crippen molar-refractivity contribution in [3.63, 3.8) is 0 Å². The molecule has 3 nitrogen and oxygen atoms in total. The largest absolute Gasteiger partial charge is 0.358 e. The van der Waals surface area contributed by atoms with Gasteiger partial charge in [0, 0.05) is 12.6 Å². The molecule has 0 radical (unpaired) electrons. The minimum Gasteiger partial charge on any atom is -0.358 e. The number of thiazole rings is 1. The lowest BCUT2D eigenvalue weighted by molar-refractivity contribution is 0.295. The Bertz CT molecular complexity index is 531. The second-order valence-electron chi connectivity index (χ2n) is 4.97. The monoisotopic (exact) mass is 277 g/mol. The number of aryl methyl sites for hydroxylation is 1. The summed E-state index contributed by atoms with van der Waals surface area (Å²) in [5.41, 5.74) is 2.38. The molecule has 1 aromatic carbocycles. The fourth-order valence-corrected chi connectivity index (χ4v) is 3.33. The van der Waals surface area contributed by atoms with Crippen molar-refractivity contribution in [1.29, 1.82) is 0 Å². The first kappa shape index (κ1) is 14.3. The van der Waals surface area contributed by atoms with Crippen LogP contribution in [0.1, 0.15) is 26.3 Å². The van der Waals surface area contributed by atoms with Crippen LogP contribution >= 0.6 is 11.3 Å². The summed E-state index contributed by atoms with van der Waals surface area (Å²) in [5, 5.41) is 4.55. The maximum atomic E-state index is 4.70. The Hall–Kier alpha value is -1.13. The molecule has 4 heteroatoms. The van der Waals surface area contributed by atoms with Gasteiger partial charge in [0.25, 0.3) is 0 Å². The van der Waals surface area contributed by atoms with Crippen LogP contribution < -0.4 is 5.32 Å². The number of fused-ring (bicyclic) bond motifs is 1. The van der Waals surface area contributed by atoms with Crippen LogP contribution in [0.4, 0.5) is 5.13 Å². The van der Waals surface area contributed by atoms with Gasteiger partial charge in [-0.2, -0.15) is 0 Å². The fraction of sp³-hybridized carbons (Fsp3) is 0.533. The maximum Gasteiger partial charge on any atom is 0.184 e. The van der Waals surface area contributed by atoms with Gasteiger partial charge in [0.2, 0.25) is 0 Å².